The second-order valence-corrected chi connectivity index (χ2v) is 5.23. The van der Waals surface area contributed by atoms with E-state index in [-0.39, 0.29) is 11.7 Å². The number of anilines is 1. The Balaban J connectivity index is 2.28. The topological polar surface area (TPSA) is 55.4 Å². The Morgan fingerprint density at radius 1 is 1.05 bits per heavy atom. The van der Waals surface area contributed by atoms with Gasteiger partial charge in [-0.3, -0.25) is 9.59 Å². The number of nitrogens with one attached hydrogen (secondary N) is 1. The highest BCUT2D eigenvalue weighted by Gasteiger charge is 2.13. The number of rotatable bonds is 4. The summed E-state index contributed by atoms with van der Waals surface area (Å²) < 4.78 is 5.25. The van der Waals surface area contributed by atoms with Crippen LogP contribution in [0.2, 0.25) is 0 Å². The molecular formula is C18H19NO3. The van der Waals surface area contributed by atoms with Crippen LogP contribution < -0.4 is 10.1 Å². The smallest absolute Gasteiger partial charge is 0.255 e. The van der Waals surface area contributed by atoms with Crippen molar-refractivity contribution in [2.75, 3.05) is 12.4 Å². The maximum Gasteiger partial charge on any atom is 0.255 e. The van der Waals surface area contributed by atoms with Crippen LogP contribution >= 0.6 is 0 Å². The van der Waals surface area contributed by atoms with Crippen molar-refractivity contribution in [1.82, 2.24) is 0 Å². The third kappa shape index (κ3) is 3.34. The molecule has 0 saturated heterocycles. The molecule has 0 fully saturated rings. The predicted molar refractivity (Wildman–Crippen MR) is 86.9 cm³/mol. The van der Waals surface area contributed by atoms with Crippen molar-refractivity contribution >= 4 is 17.4 Å². The van der Waals surface area contributed by atoms with Gasteiger partial charge in [0.15, 0.2) is 5.78 Å². The van der Waals surface area contributed by atoms with Gasteiger partial charge in [-0.25, -0.2) is 0 Å². The summed E-state index contributed by atoms with van der Waals surface area (Å²) >= 11 is 0. The van der Waals surface area contributed by atoms with Gasteiger partial charge in [0, 0.05) is 16.8 Å². The van der Waals surface area contributed by atoms with Crippen molar-refractivity contribution in [2.45, 2.75) is 20.8 Å². The lowest BCUT2D eigenvalue weighted by atomic mass is 10.0. The number of methoxy groups -OCH3 is 1. The van der Waals surface area contributed by atoms with Gasteiger partial charge in [0.25, 0.3) is 5.91 Å². The van der Waals surface area contributed by atoms with E-state index in [0.29, 0.717) is 16.8 Å². The van der Waals surface area contributed by atoms with E-state index in [2.05, 4.69) is 5.32 Å². The van der Waals surface area contributed by atoms with E-state index < -0.39 is 0 Å². The summed E-state index contributed by atoms with van der Waals surface area (Å²) in [6.45, 7) is 5.26. The standard InChI is InChI=1S/C18H19NO3/c1-11-9-17(22-4)12(2)8-16(11)18(21)19-15-7-5-6-14(10-15)13(3)20/h5-10H,1-4H3,(H,19,21). The lowest BCUT2D eigenvalue weighted by molar-refractivity contribution is 0.101. The van der Waals surface area contributed by atoms with Crippen LogP contribution in [0.5, 0.6) is 5.75 Å². The fraction of sp³-hybridized carbons (Fsp3) is 0.222. The number of benzene rings is 2. The highest BCUT2D eigenvalue weighted by atomic mass is 16.5. The number of Topliss-reactive ketones (excluding diaryl/α,β-unsaturated/α-hetero) is 1. The average molecular weight is 297 g/mol. The molecule has 0 bridgehead atoms. The Hall–Kier alpha value is -2.62. The molecule has 0 atom stereocenters. The van der Waals surface area contributed by atoms with Gasteiger partial charge in [-0.2, -0.15) is 0 Å². The van der Waals surface area contributed by atoms with Gasteiger partial charge < -0.3 is 10.1 Å². The van der Waals surface area contributed by atoms with E-state index in [1.165, 1.54) is 6.92 Å². The number of ketones is 1. The van der Waals surface area contributed by atoms with Crippen LogP contribution in [0.1, 0.15) is 38.8 Å². The molecule has 0 aliphatic carbocycles. The van der Waals surface area contributed by atoms with Crippen LogP contribution in [0.4, 0.5) is 5.69 Å². The largest absolute Gasteiger partial charge is 0.496 e. The minimum absolute atomic E-state index is 0.0347. The summed E-state index contributed by atoms with van der Waals surface area (Å²) in [5.41, 5.74) is 3.50. The number of amides is 1. The number of aryl methyl sites for hydroxylation is 2. The second-order valence-electron chi connectivity index (χ2n) is 5.23. The molecule has 0 aliphatic rings. The fourth-order valence-corrected chi connectivity index (χ4v) is 2.27. The van der Waals surface area contributed by atoms with Crippen LogP contribution in [-0.4, -0.2) is 18.8 Å². The average Bonchev–Trinajstić information content (AvgIpc) is 2.49. The highest BCUT2D eigenvalue weighted by molar-refractivity contribution is 6.06. The van der Waals surface area contributed by atoms with Gasteiger partial charge >= 0.3 is 0 Å². The minimum atomic E-state index is -0.205. The SMILES string of the molecule is COc1cc(C)c(C(=O)Nc2cccc(C(C)=O)c2)cc1C. The summed E-state index contributed by atoms with van der Waals surface area (Å²) in [5.74, 6) is 0.518. The number of ether oxygens (including phenoxy) is 1. The molecule has 2 aromatic rings. The van der Waals surface area contributed by atoms with Crippen molar-refractivity contribution in [2.24, 2.45) is 0 Å². The third-order valence-electron chi connectivity index (χ3n) is 3.51. The van der Waals surface area contributed by atoms with Gasteiger partial charge in [-0.15, -0.1) is 0 Å². The first kappa shape index (κ1) is 15.8. The van der Waals surface area contributed by atoms with Crippen molar-refractivity contribution in [3.8, 4) is 5.75 Å². The number of carbonyl (C=O) groups is 2. The third-order valence-corrected chi connectivity index (χ3v) is 3.51. The summed E-state index contributed by atoms with van der Waals surface area (Å²) in [4.78, 5) is 23.8. The summed E-state index contributed by atoms with van der Waals surface area (Å²) in [6, 6.07) is 10.6. The predicted octanol–water partition coefficient (Wildman–Crippen LogP) is 3.77. The molecule has 0 unspecified atom stereocenters. The maximum absolute atomic E-state index is 12.4. The van der Waals surface area contributed by atoms with E-state index in [9.17, 15) is 9.59 Å². The molecule has 0 saturated carbocycles. The summed E-state index contributed by atoms with van der Waals surface area (Å²) in [7, 11) is 1.61. The second kappa shape index (κ2) is 6.43. The van der Waals surface area contributed by atoms with Crippen LogP contribution in [0.3, 0.4) is 0 Å². The van der Waals surface area contributed by atoms with Gasteiger partial charge in [0.2, 0.25) is 0 Å². The Kier molecular flexibility index (Phi) is 4.61. The molecule has 0 heterocycles. The number of hydrogen-bond donors (Lipinski definition) is 1. The quantitative estimate of drug-likeness (QED) is 0.874. The van der Waals surface area contributed by atoms with E-state index in [0.717, 1.165) is 16.9 Å². The van der Waals surface area contributed by atoms with Crippen molar-refractivity contribution in [1.29, 1.82) is 0 Å². The molecule has 1 amide bonds. The monoisotopic (exact) mass is 297 g/mol. The normalized spacial score (nSPS) is 10.2. The number of carbonyl (C=O) groups excluding carboxylic acids is 2. The van der Waals surface area contributed by atoms with Gasteiger partial charge in [0.1, 0.15) is 5.75 Å². The minimum Gasteiger partial charge on any atom is -0.496 e. The summed E-state index contributed by atoms with van der Waals surface area (Å²) in [6.07, 6.45) is 0. The molecule has 0 aliphatic heterocycles. The molecule has 4 nitrogen and oxygen atoms in total. The van der Waals surface area contributed by atoms with E-state index in [4.69, 9.17) is 4.74 Å². The Morgan fingerprint density at radius 2 is 1.77 bits per heavy atom. The van der Waals surface area contributed by atoms with Gasteiger partial charge in [-0.05, 0) is 56.2 Å². The van der Waals surface area contributed by atoms with E-state index >= 15 is 0 Å². The molecule has 22 heavy (non-hydrogen) atoms. The highest BCUT2D eigenvalue weighted by Crippen LogP contribution is 2.23. The van der Waals surface area contributed by atoms with Crippen molar-refractivity contribution in [3.63, 3.8) is 0 Å². The van der Waals surface area contributed by atoms with Gasteiger partial charge in [-0.1, -0.05) is 12.1 Å². The number of hydrogen-bond acceptors (Lipinski definition) is 3. The molecule has 0 radical (unpaired) electrons. The van der Waals surface area contributed by atoms with Crippen LogP contribution in [0.25, 0.3) is 0 Å². The molecule has 0 spiro atoms. The molecule has 114 valence electrons. The molecule has 2 rings (SSSR count). The molecule has 2 aromatic carbocycles. The Labute approximate surface area is 130 Å². The van der Waals surface area contributed by atoms with Crippen LogP contribution in [-0.2, 0) is 0 Å². The first-order valence-corrected chi connectivity index (χ1v) is 7.00. The van der Waals surface area contributed by atoms with Crippen molar-refractivity contribution in [3.05, 3.63) is 58.7 Å². The molecule has 4 heteroatoms. The molecule has 0 aromatic heterocycles. The van der Waals surface area contributed by atoms with Gasteiger partial charge in [0.05, 0.1) is 7.11 Å². The zero-order valence-electron chi connectivity index (χ0n) is 13.2. The lowest BCUT2D eigenvalue weighted by Gasteiger charge is -2.12. The van der Waals surface area contributed by atoms with E-state index in [1.54, 1.807) is 37.4 Å². The molecular weight excluding hydrogens is 278 g/mol. The zero-order valence-corrected chi connectivity index (χ0v) is 13.2. The summed E-state index contributed by atoms with van der Waals surface area (Å²) in [5, 5.41) is 2.83. The van der Waals surface area contributed by atoms with Crippen LogP contribution in [0, 0.1) is 13.8 Å². The zero-order chi connectivity index (χ0) is 16.3. The fourth-order valence-electron chi connectivity index (χ4n) is 2.27. The lowest BCUT2D eigenvalue weighted by Crippen LogP contribution is -2.14. The first-order valence-electron chi connectivity index (χ1n) is 7.00. The maximum atomic E-state index is 12.4. The first-order chi connectivity index (χ1) is 10.4. The Morgan fingerprint density at radius 3 is 2.41 bits per heavy atom. The van der Waals surface area contributed by atoms with E-state index in [1.807, 2.05) is 19.9 Å². The molecule has 1 N–H and O–H groups in total. The van der Waals surface area contributed by atoms with Crippen LogP contribution in [0.15, 0.2) is 36.4 Å². The Bertz CT molecular complexity index is 735. The van der Waals surface area contributed by atoms with Crippen molar-refractivity contribution < 1.29 is 14.3 Å².